The third-order valence-electron chi connectivity index (χ3n) is 5.24. The van der Waals surface area contributed by atoms with Gasteiger partial charge in [-0.2, -0.15) is 0 Å². The lowest BCUT2D eigenvalue weighted by atomic mass is 10.0. The molecule has 11 heteroatoms. The lowest BCUT2D eigenvalue weighted by Gasteiger charge is -2.26. The average Bonchev–Trinajstić information content (AvgIpc) is 2.75. The highest BCUT2D eigenvalue weighted by molar-refractivity contribution is 5.96. The number of carbonyl (C=O) groups excluding carboxylic acids is 4. The summed E-state index contributed by atoms with van der Waals surface area (Å²) in [5.41, 5.74) is 12.1. The van der Waals surface area contributed by atoms with E-state index in [-0.39, 0.29) is 18.8 Å². The molecule has 0 heterocycles. The quantitative estimate of drug-likeness (QED) is 0.205. The Morgan fingerprint density at radius 3 is 1.89 bits per heavy atom. The lowest BCUT2D eigenvalue weighted by molar-refractivity contribution is -0.143. The third kappa shape index (κ3) is 10.6. The number of nitrogens with two attached hydrogens (primary N) is 2. The Kier molecular flexibility index (Phi) is 11.9. The van der Waals surface area contributed by atoms with Crippen LogP contribution in [0.4, 0.5) is 0 Å². The average molecular weight is 492 g/mol. The number of primary amides is 1. The Morgan fingerprint density at radius 2 is 1.40 bits per heavy atom. The van der Waals surface area contributed by atoms with Crippen molar-refractivity contribution in [3.05, 3.63) is 35.9 Å². The molecule has 0 saturated heterocycles. The van der Waals surface area contributed by atoms with Crippen molar-refractivity contribution in [2.75, 3.05) is 0 Å². The lowest BCUT2D eigenvalue weighted by Crippen LogP contribution is -2.58. The van der Waals surface area contributed by atoms with E-state index in [0.717, 1.165) is 5.56 Å². The zero-order chi connectivity index (χ0) is 26.7. The molecule has 0 aromatic heterocycles. The van der Waals surface area contributed by atoms with Crippen molar-refractivity contribution in [1.29, 1.82) is 0 Å². The number of nitrogens with one attached hydrogen (secondary N) is 3. The minimum Gasteiger partial charge on any atom is -0.480 e. The fourth-order valence-electron chi connectivity index (χ4n) is 3.39. The maximum absolute atomic E-state index is 13.0. The normalized spacial score (nSPS) is 14.5. The van der Waals surface area contributed by atoms with Gasteiger partial charge in [0.25, 0.3) is 0 Å². The molecule has 0 saturated carbocycles. The Hall–Kier alpha value is -3.47. The summed E-state index contributed by atoms with van der Waals surface area (Å²) in [5, 5.41) is 16.7. The summed E-state index contributed by atoms with van der Waals surface area (Å²) in [6.07, 6.45) is -0.0384. The van der Waals surface area contributed by atoms with E-state index in [9.17, 15) is 29.1 Å². The number of carboxylic acids is 1. The highest BCUT2D eigenvalue weighted by atomic mass is 16.4. The summed E-state index contributed by atoms with van der Waals surface area (Å²) < 4.78 is 0. The number of hydrogen-bond donors (Lipinski definition) is 6. The Bertz CT molecular complexity index is 890. The van der Waals surface area contributed by atoms with Crippen molar-refractivity contribution in [2.45, 2.75) is 71.1 Å². The monoisotopic (exact) mass is 491 g/mol. The molecule has 4 amide bonds. The molecule has 4 atom stereocenters. The number of aliphatic carboxylic acids is 1. The van der Waals surface area contributed by atoms with Crippen LogP contribution >= 0.6 is 0 Å². The Balaban J connectivity index is 2.97. The molecule has 0 aliphatic rings. The molecule has 194 valence electrons. The second-order valence-corrected chi connectivity index (χ2v) is 9.29. The van der Waals surface area contributed by atoms with Gasteiger partial charge in [-0.3, -0.25) is 19.2 Å². The zero-order valence-electron chi connectivity index (χ0n) is 20.6. The van der Waals surface area contributed by atoms with E-state index in [4.69, 9.17) is 11.5 Å². The standard InChI is InChI=1S/C24H37N5O6/c1-13(2)10-17(27-21(31)16(25)11-15-8-6-5-7-9-15)22(32)28-18(12-19(26)30)23(33)29-20(14(3)4)24(34)35/h5-9,13-14,16-18,20H,10-12,25H2,1-4H3,(H2,26,30)(H,27,31)(H,28,32)(H,29,33)(H,34,35). The van der Waals surface area contributed by atoms with Gasteiger partial charge in [-0.15, -0.1) is 0 Å². The molecule has 1 aromatic rings. The van der Waals surface area contributed by atoms with Crippen molar-refractivity contribution in [3.8, 4) is 0 Å². The summed E-state index contributed by atoms with van der Waals surface area (Å²) in [6.45, 7) is 6.91. The van der Waals surface area contributed by atoms with Gasteiger partial charge in [0.2, 0.25) is 23.6 Å². The van der Waals surface area contributed by atoms with Crippen LogP contribution in [0.15, 0.2) is 30.3 Å². The number of carbonyl (C=O) groups is 5. The van der Waals surface area contributed by atoms with Crippen LogP contribution in [0.2, 0.25) is 0 Å². The SMILES string of the molecule is CC(C)CC(NC(=O)C(N)Cc1ccccc1)C(=O)NC(CC(N)=O)C(=O)NC(C(=O)O)C(C)C. The van der Waals surface area contributed by atoms with Gasteiger partial charge >= 0.3 is 5.97 Å². The highest BCUT2D eigenvalue weighted by Gasteiger charge is 2.32. The van der Waals surface area contributed by atoms with Crippen LogP contribution < -0.4 is 27.4 Å². The van der Waals surface area contributed by atoms with Gasteiger partial charge < -0.3 is 32.5 Å². The minimum atomic E-state index is -1.41. The van der Waals surface area contributed by atoms with Gasteiger partial charge in [0.05, 0.1) is 12.5 Å². The minimum absolute atomic E-state index is 0.00264. The van der Waals surface area contributed by atoms with Gasteiger partial charge in [-0.25, -0.2) is 4.79 Å². The highest BCUT2D eigenvalue weighted by Crippen LogP contribution is 2.09. The van der Waals surface area contributed by atoms with Gasteiger partial charge in [-0.05, 0) is 30.2 Å². The van der Waals surface area contributed by atoms with Gasteiger partial charge in [0.1, 0.15) is 18.1 Å². The first-order valence-corrected chi connectivity index (χ1v) is 11.5. The second kappa shape index (κ2) is 14.1. The number of hydrogen-bond acceptors (Lipinski definition) is 6. The third-order valence-corrected chi connectivity index (χ3v) is 5.24. The van der Waals surface area contributed by atoms with E-state index in [2.05, 4.69) is 16.0 Å². The first-order chi connectivity index (χ1) is 16.3. The molecule has 11 nitrogen and oxygen atoms in total. The van der Waals surface area contributed by atoms with Gasteiger partial charge in [-0.1, -0.05) is 58.0 Å². The van der Waals surface area contributed by atoms with Crippen LogP contribution in [0.5, 0.6) is 0 Å². The summed E-state index contributed by atoms with van der Waals surface area (Å²) in [6, 6.07) is 4.58. The van der Waals surface area contributed by atoms with Crippen molar-refractivity contribution in [1.82, 2.24) is 16.0 Å². The predicted molar refractivity (Wildman–Crippen MR) is 130 cm³/mol. The summed E-state index contributed by atoms with van der Waals surface area (Å²) in [4.78, 5) is 61.4. The topological polar surface area (TPSA) is 194 Å². The van der Waals surface area contributed by atoms with Gasteiger partial charge in [0.15, 0.2) is 0 Å². The first kappa shape index (κ1) is 29.6. The summed E-state index contributed by atoms with van der Waals surface area (Å²) in [5.74, 6) is -4.69. The van der Waals surface area contributed by atoms with Gasteiger partial charge in [0, 0.05) is 0 Å². The van der Waals surface area contributed by atoms with Crippen LogP contribution in [-0.4, -0.2) is 58.9 Å². The van der Waals surface area contributed by atoms with E-state index in [0.29, 0.717) is 0 Å². The molecule has 0 aliphatic carbocycles. The molecular weight excluding hydrogens is 454 g/mol. The second-order valence-electron chi connectivity index (χ2n) is 9.29. The van der Waals surface area contributed by atoms with Crippen LogP contribution in [0.3, 0.4) is 0 Å². The predicted octanol–water partition coefficient (Wildman–Crippen LogP) is -0.327. The molecule has 1 aromatic carbocycles. The van der Waals surface area contributed by atoms with E-state index in [1.165, 1.54) is 0 Å². The number of rotatable bonds is 14. The molecular formula is C24H37N5O6. The molecule has 0 fully saturated rings. The maximum atomic E-state index is 13.0. The maximum Gasteiger partial charge on any atom is 0.326 e. The Morgan fingerprint density at radius 1 is 0.857 bits per heavy atom. The van der Waals surface area contributed by atoms with E-state index < -0.39 is 66.1 Å². The number of benzene rings is 1. The van der Waals surface area contributed by atoms with Crippen LogP contribution in [0.1, 0.15) is 46.1 Å². The fraction of sp³-hybridized carbons (Fsp3) is 0.542. The number of carboxylic acid groups (broad SMARTS) is 1. The molecule has 4 unspecified atom stereocenters. The zero-order valence-corrected chi connectivity index (χ0v) is 20.6. The molecule has 8 N–H and O–H groups in total. The van der Waals surface area contributed by atoms with Crippen molar-refractivity contribution in [3.63, 3.8) is 0 Å². The van der Waals surface area contributed by atoms with Crippen LogP contribution in [-0.2, 0) is 30.4 Å². The van der Waals surface area contributed by atoms with E-state index >= 15 is 0 Å². The first-order valence-electron chi connectivity index (χ1n) is 11.5. The largest absolute Gasteiger partial charge is 0.480 e. The number of amides is 4. The molecule has 0 spiro atoms. The van der Waals surface area contributed by atoms with Crippen LogP contribution in [0.25, 0.3) is 0 Å². The molecule has 35 heavy (non-hydrogen) atoms. The molecule has 0 aliphatic heterocycles. The smallest absolute Gasteiger partial charge is 0.326 e. The van der Waals surface area contributed by atoms with Crippen molar-refractivity contribution >= 4 is 29.6 Å². The van der Waals surface area contributed by atoms with Crippen LogP contribution in [0, 0.1) is 11.8 Å². The fourth-order valence-corrected chi connectivity index (χ4v) is 3.39. The summed E-state index contributed by atoms with van der Waals surface area (Å²) >= 11 is 0. The molecule has 1 rings (SSSR count). The van der Waals surface area contributed by atoms with E-state index in [1.807, 2.05) is 44.2 Å². The Labute approximate surface area is 205 Å². The molecule has 0 bridgehead atoms. The summed E-state index contributed by atoms with van der Waals surface area (Å²) in [7, 11) is 0. The van der Waals surface area contributed by atoms with E-state index in [1.54, 1.807) is 13.8 Å². The molecule has 0 radical (unpaired) electrons. The van der Waals surface area contributed by atoms with Crippen molar-refractivity contribution in [2.24, 2.45) is 23.3 Å². The van der Waals surface area contributed by atoms with Crippen molar-refractivity contribution < 1.29 is 29.1 Å².